The summed E-state index contributed by atoms with van der Waals surface area (Å²) >= 11 is 0. The second-order valence-electron chi connectivity index (χ2n) is 6.76. The van der Waals surface area contributed by atoms with Gasteiger partial charge in [-0.3, -0.25) is 4.79 Å². The van der Waals surface area contributed by atoms with E-state index in [1.807, 2.05) is 0 Å². The molecule has 110 valence electrons. The van der Waals surface area contributed by atoms with Gasteiger partial charge in [-0.15, -0.1) is 0 Å². The van der Waals surface area contributed by atoms with Gasteiger partial charge in [-0.05, 0) is 58.7 Å². The molecule has 2 fully saturated rings. The molecule has 2 heterocycles. The summed E-state index contributed by atoms with van der Waals surface area (Å²) in [5, 5.41) is 6.52. The van der Waals surface area contributed by atoms with Gasteiger partial charge in [-0.2, -0.15) is 0 Å². The van der Waals surface area contributed by atoms with Crippen LogP contribution in [0.15, 0.2) is 0 Å². The first-order valence-electron chi connectivity index (χ1n) is 7.74. The summed E-state index contributed by atoms with van der Waals surface area (Å²) < 4.78 is 0. The molecule has 19 heavy (non-hydrogen) atoms. The summed E-state index contributed by atoms with van der Waals surface area (Å²) in [4.78, 5) is 14.8. The van der Waals surface area contributed by atoms with Gasteiger partial charge in [0.2, 0.25) is 5.91 Å². The second kappa shape index (κ2) is 6.23. The normalized spacial score (nSPS) is 27.7. The van der Waals surface area contributed by atoms with Crippen molar-refractivity contribution in [3.63, 3.8) is 0 Å². The van der Waals surface area contributed by atoms with Crippen LogP contribution in [0.3, 0.4) is 0 Å². The van der Waals surface area contributed by atoms with Gasteiger partial charge in [-0.25, -0.2) is 0 Å². The van der Waals surface area contributed by atoms with Crippen LogP contribution in [0.25, 0.3) is 0 Å². The van der Waals surface area contributed by atoms with Crippen LogP contribution in [0.2, 0.25) is 0 Å². The van der Waals surface area contributed by atoms with Gasteiger partial charge in [0.1, 0.15) is 0 Å². The largest absolute Gasteiger partial charge is 0.355 e. The third-order valence-corrected chi connectivity index (χ3v) is 4.85. The Labute approximate surface area is 117 Å². The fraction of sp³-hybridized carbons (Fsp3) is 0.933. The maximum Gasteiger partial charge on any atom is 0.226 e. The zero-order valence-corrected chi connectivity index (χ0v) is 12.7. The summed E-state index contributed by atoms with van der Waals surface area (Å²) in [5.74, 6) is 0.897. The Morgan fingerprint density at radius 1 is 1.42 bits per heavy atom. The molecule has 2 saturated heterocycles. The molecule has 1 atom stereocenters. The Morgan fingerprint density at radius 2 is 2.11 bits per heavy atom. The van der Waals surface area contributed by atoms with Crippen molar-refractivity contribution in [3.05, 3.63) is 0 Å². The minimum absolute atomic E-state index is 0.151. The number of carbonyl (C=O) groups is 1. The van der Waals surface area contributed by atoms with Crippen LogP contribution in [-0.2, 0) is 4.79 Å². The molecule has 1 amide bonds. The molecule has 2 aliphatic rings. The molecule has 2 N–H and O–H groups in total. The lowest BCUT2D eigenvalue weighted by molar-refractivity contribution is -0.131. The zero-order chi connectivity index (χ0) is 13.9. The lowest BCUT2D eigenvalue weighted by atomic mass is 9.80. The smallest absolute Gasteiger partial charge is 0.226 e. The monoisotopic (exact) mass is 267 g/mol. The highest BCUT2D eigenvalue weighted by molar-refractivity contribution is 5.82. The molecule has 2 rings (SSSR count). The summed E-state index contributed by atoms with van der Waals surface area (Å²) in [7, 11) is 0. The topological polar surface area (TPSA) is 44.4 Å². The number of rotatable bonds is 4. The van der Waals surface area contributed by atoms with E-state index in [9.17, 15) is 4.79 Å². The predicted molar refractivity (Wildman–Crippen MR) is 78.0 cm³/mol. The van der Waals surface area contributed by atoms with Crippen molar-refractivity contribution >= 4 is 5.91 Å². The Bertz CT molecular complexity index is 311. The Morgan fingerprint density at radius 3 is 2.68 bits per heavy atom. The van der Waals surface area contributed by atoms with Crippen LogP contribution in [0, 0.1) is 11.3 Å². The van der Waals surface area contributed by atoms with Gasteiger partial charge >= 0.3 is 0 Å². The summed E-state index contributed by atoms with van der Waals surface area (Å²) in [6.45, 7) is 11.7. The van der Waals surface area contributed by atoms with Gasteiger partial charge < -0.3 is 15.5 Å². The standard InChI is InChI=1S/C15H29N3O/c1-12(2)18-9-4-13(11-18)10-17-14(19)15(3)5-7-16-8-6-15/h12-13,16H,4-11H2,1-3H3,(H,17,19). The number of carbonyl (C=O) groups excluding carboxylic acids is 1. The predicted octanol–water partition coefficient (Wildman–Crippen LogP) is 1.22. The summed E-state index contributed by atoms with van der Waals surface area (Å²) in [6.07, 6.45) is 3.14. The van der Waals surface area contributed by atoms with Crippen molar-refractivity contribution in [1.82, 2.24) is 15.5 Å². The maximum absolute atomic E-state index is 12.3. The van der Waals surface area contributed by atoms with Crippen LogP contribution < -0.4 is 10.6 Å². The number of likely N-dealkylation sites (tertiary alicyclic amines) is 1. The average molecular weight is 267 g/mol. The van der Waals surface area contributed by atoms with E-state index in [1.165, 1.54) is 13.0 Å². The van der Waals surface area contributed by atoms with E-state index in [0.29, 0.717) is 12.0 Å². The first-order chi connectivity index (χ1) is 9.01. The fourth-order valence-electron chi connectivity index (χ4n) is 3.15. The Hall–Kier alpha value is -0.610. The van der Waals surface area contributed by atoms with Gasteiger partial charge in [0.15, 0.2) is 0 Å². The fourth-order valence-corrected chi connectivity index (χ4v) is 3.15. The van der Waals surface area contributed by atoms with Crippen LogP contribution in [0.1, 0.15) is 40.0 Å². The van der Waals surface area contributed by atoms with Crippen molar-refractivity contribution < 1.29 is 4.79 Å². The average Bonchev–Trinajstić information content (AvgIpc) is 2.85. The number of amides is 1. The SMILES string of the molecule is CC(C)N1CCC(CNC(=O)C2(C)CCNCC2)C1. The van der Waals surface area contributed by atoms with Crippen molar-refractivity contribution in [3.8, 4) is 0 Å². The van der Waals surface area contributed by atoms with Gasteiger partial charge in [0.25, 0.3) is 0 Å². The first-order valence-corrected chi connectivity index (χ1v) is 7.74. The van der Waals surface area contributed by atoms with Crippen LogP contribution in [0.5, 0.6) is 0 Å². The molecule has 4 heteroatoms. The van der Waals surface area contributed by atoms with Crippen molar-refractivity contribution in [2.75, 3.05) is 32.7 Å². The molecule has 0 saturated carbocycles. The number of hydrogen-bond acceptors (Lipinski definition) is 3. The van der Waals surface area contributed by atoms with E-state index in [4.69, 9.17) is 0 Å². The first kappa shape index (κ1) is 14.8. The van der Waals surface area contributed by atoms with Crippen molar-refractivity contribution in [2.24, 2.45) is 11.3 Å². The molecule has 0 aromatic heterocycles. The maximum atomic E-state index is 12.3. The van der Waals surface area contributed by atoms with Gasteiger partial charge in [0.05, 0.1) is 0 Å². The molecule has 0 aliphatic carbocycles. The highest BCUT2D eigenvalue weighted by atomic mass is 16.2. The third-order valence-electron chi connectivity index (χ3n) is 4.85. The lowest BCUT2D eigenvalue weighted by Crippen LogP contribution is -2.47. The minimum Gasteiger partial charge on any atom is -0.355 e. The quantitative estimate of drug-likeness (QED) is 0.805. The molecule has 0 aromatic carbocycles. The second-order valence-corrected chi connectivity index (χ2v) is 6.76. The van der Waals surface area contributed by atoms with E-state index in [1.54, 1.807) is 0 Å². The number of hydrogen-bond donors (Lipinski definition) is 2. The van der Waals surface area contributed by atoms with Crippen LogP contribution in [-0.4, -0.2) is 49.6 Å². The molecule has 4 nitrogen and oxygen atoms in total. The Balaban J connectivity index is 1.75. The summed E-state index contributed by atoms with van der Waals surface area (Å²) in [6, 6.07) is 0.627. The minimum atomic E-state index is -0.151. The van der Waals surface area contributed by atoms with Crippen LogP contribution >= 0.6 is 0 Å². The van der Waals surface area contributed by atoms with Crippen molar-refractivity contribution in [1.29, 1.82) is 0 Å². The van der Waals surface area contributed by atoms with E-state index in [0.717, 1.165) is 39.0 Å². The number of nitrogens with one attached hydrogen (secondary N) is 2. The van der Waals surface area contributed by atoms with Gasteiger partial charge in [-0.1, -0.05) is 6.92 Å². The number of piperidine rings is 1. The third kappa shape index (κ3) is 3.69. The van der Waals surface area contributed by atoms with E-state index >= 15 is 0 Å². The molecule has 1 unspecified atom stereocenters. The lowest BCUT2D eigenvalue weighted by Gasteiger charge is -2.33. The molecule has 0 radical (unpaired) electrons. The molecule has 0 aromatic rings. The zero-order valence-electron chi connectivity index (χ0n) is 12.7. The molecule has 0 bridgehead atoms. The van der Waals surface area contributed by atoms with Gasteiger partial charge in [0, 0.05) is 24.5 Å². The van der Waals surface area contributed by atoms with Crippen molar-refractivity contribution in [2.45, 2.75) is 46.1 Å². The highest BCUT2D eigenvalue weighted by Gasteiger charge is 2.35. The van der Waals surface area contributed by atoms with E-state index in [2.05, 4.69) is 36.3 Å². The molecular formula is C15H29N3O. The Kier molecular flexibility index (Phi) is 4.85. The van der Waals surface area contributed by atoms with E-state index in [-0.39, 0.29) is 11.3 Å². The summed E-state index contributed by atoms with van der Waals surface area (Å²) in [5.41, 5.74) is -0.151. The highest BCUT2D eigenvalue weighted by Crippen LogP contribution is 2.28. The molecular weight excluding hydrogens is 238 g/mol. The van der Waals surface area contributed by atoms with E-state index < -0.39 is 0 Å². The van der Waals surface area contributed by atoms with Crippen LogP contribution in [0.4, 0.5) is 0 Å². The molecule has 0 spiro atoms. The molecule has 2 aliphatic heterocycles. The number of nitrogens with zero attached hydrogens (tertiary/aromatic N) is 1.